The molecule has 0 aliphatic carbocycles. The molecule has 0 N–H and O–H groups in total. The Morgan fingerprint density at radius 3 is 1.78 bits per heavy atom. The molecule has 2 atom stereocenters. The molecule has 3 heterocycles. The zero-order chi connectivity index (χ0) is 42.3. The third-order valence-corrected chi connectivity index (χ3v) is 13.6. The predicted molar refractivity (Wildman–Crippen MR) is 270 cm³/mol. The van der Waals surface area contributed by atoms with Crippen molar-refractivity contribution >= 4 is 87.5 Å². The highest BCUT2D eigenvalue weighted by molar-refractivity contribution is 6.22. The number of para-hydroxylation sites is 2. The predicted octanol–water partition coefficient (Wildman–Crippen LogP) is 15.4. The molecule has 12 aromatic rings. The Morgan fingerprint density at radius 2 is 1.00 bits per heavy atom. The highest BCUT2D eigenvalue weighted by Crippen LogP contribution is 2.43. The molecule has 13 rings (SSSR count). The van der Waals surface area contributed by atoms with Gasteiger partial charge in [0.05, 0.1) is 39.5 Å². The number of fused-ring (bicyclic) bond motifs is 9. The average Bonchev–Trinajstić information content (AvgIpc) is 3.85. The molecule has 0 radical (unpaired) electrons. The Balaban J connectivity index is 1.09. The van der Waals surface area contributed by atoms with Crippen LogP contribution in [0.4, 0.5) is 0 Å². The monoisotopic (exact) mass is 818 g/mol. The smallest absolute Gasteiger partial charge is 0.155 e. The molecule has 0 amide bonds. The summed E-state index contributed by atoms with van der Waals surface area (Å²) in [5, 5.41) is 12.3. The second-order valence-electron chi connectivity index (χ2n) is 17.2. The lowest BCUT2D eigenvalue weighted by molar-refractivity contribution is 0.533. The summed E-state index contributed by atoms with van der Waals surface area (Å²) in [6.07, 6.45) is 0.885. The first-order chi connectivity index (χ1) is 31.7. The first kappa shape index (κ1) is 36.6. The minimum Gasteiger partial charge on any atom is -0.309 e. The van der Waals surface area contributed by atoms with Gasteiger partial charge in [0.2, 0.25) is 0 Å². The van der Waals surface area contributed by atoms with Crippen molar-refractivity contribution in [1.29, 1.82) is 0 Å². The van der Waals surface area contributed by atoms with Gasteiger partial charge < -0.3 is 9.13 Å². The van der Waals surface area contributed by atoms with E-state index in [0.717, 1.165) is 40.5 Å². The summed E-state index contributed by atoms with van der Waals surface area (Å²) in [6, 6.07) is 77.5. The molecule has 0 spiro atoms. The van der Waals surface area contributed by atoms with Gasteiger partial charge in [-0.15, -0.1) is 0 Å². The summed E-state index contributed by atoms with van der Waals surface area (Å²) in [5.41, 5.74) is 11.4. The van der Waals surface area contributed by atoms with E-state index in [-0.39, 0.29) is 12.0 Å². The third kappa shape index (κ3) is 5.69. The van der Waals surface area contributed by atoms with E-state index in [1.54, 1.807) is 0 Å². The van der Waals surface area contributed by atoms with Crippen LogP contribution in [0.3, 0.4) is 0 Å². The lowest BCUT2D eigenvalue weighted by Gasteiger charge is -2.30. The molecule has 1 aliphatic rings. The molecule has 0 fully saturated rings. The SMILES string of the molecule is CCC1C(c2cc(-n3c4ccccc4c4cc5c6cc7ccccc7cc6n(-c6ccccc6)c5cc43)c3ccccc3c2)=NC(c2ccccc2)=NC1c1ccc2ccccc2c1. The number of benzene rings is 10. The fourth-order valence-corrected chi connectivity index (χ4v) is 10.6. The average molecular weight is 819 g/mol. The van der Waals surface area contributed by atoms with Gasteiger partial charge in [-0.2, -0.15) is 0 Å². The van der Waals surface area contributed by atoms with Crippen LogP contribution >= 0.6 is 0 Å². The Bertz CT molecular complexity index is 3890. The molecule has 4 nitrogen and oxygen atoms in total. The lowest BCUT2D eigenvalue weighted by Crippen LogP contribution is -2.28. The second-order valence-corrected chi connectivity index (χ2v) is 17.2. The molecule has 0 bridgehead atoms. The van der Waals surface area contributed by atoms with Crippen LogP contribution in [-0.2, 0) is 0 Å². The van der Waals surface area contributed by atoms with Crippen molar-refractivity contribution in [2.45, 2.75) is 19.4 Å². The molecule has 302 valence electrons. The van der Waals surface area contributed by atoms with Crippen molar-refractivity contribution in [2.75, 3.05) is 0 Å². The number of hydrogen-bond acceptors (Lipinski definition) is 2. The van der Waals surface area contributed by atoms with E-state index < -0.39 is 0 Å². The van der Waals surface area contributed by atoms with E-state index in [1.165, 1.54) is 81.5 Å². The van der Waals surface area contributed by atoms with Crippen molar-refractivity contribution in [3.05, 3.63) is 229 Å². The molecule has 1 aliphatic heterocycles. The fraction of sp³-hybridized carbons (Fsp3) is 0.0667. The minimum atomic E-state index is -0.106. The topological polar surface area (TPSA) is 34.6 Å². The van der Waals surface area contributed by atoms with Crippen molar-refractivity contribution in [2.24, 2.45) is 15.9 Å². The molecule has 10 aromatic carbocycles. The molecule has 4 heteroatoms. The van der Waals surface area contributed by atoms with Crippen molar-refractivity contribution in [3.63, 3.8) is 0 Å². The highest BCUT2D eigenvalue weighted by Gasteiger charge is 2.33. The van der Waals surface area contributed by atoms with Crippen LogP contribution in [0.5, 0.6) is 0 Å². The number of hydrogen-bond donors (Lipinski definition) is 0. The van der Waals surface area contributed by atoms with Gasteiger partial charge in [0.15, 0.2) is 5.84 Å². The maximum absolute atomic E-state index is 5.55. The molecule has 0 saturated heterocycles. The van der Waals surface area contributed by atoms with Crippen LogP contribution in [0, 0.1) is 5.92 Å². The van der Waals surface area contributed by atoms with Gasteiger partial charge in [-0.3, -0.25) is 4.99 Å². The number of aliphatic imine (C=N–C) groups is 2. The first-order valence-corrected chi connectivity index (χ1v) is 22.4. The van der Waals surface area contributed by atoms with E-state index in [9.17, 15) is 0 Å². The lowest BCUT2D eigenvalue weighted by atomic mass is 9.82. The van der Waals surface area contributed by atoms with Crippen molar-refractivity contribution < 1.29 is 0 Å². The number of rotatable bonds is 6. The zero-order valence-electron chi connectivity index (χ0n) is 35.4. The molecular formula is C60H42N4. The van der Waals surface area contributed by atoms with E-state index >= 15 is 0 Å². The summed E-state index contributed by atoms with van der Waals surface area (Å²) in [5.74, 6) is 0.825. The van der Waals surface area contributed by atoms with Gasteiger partial charge in [-0.25, -0.2) is 4.99 Å². The largest absolute Gasteiger partial charge is 0.309 e. The normalized spacial score (nSPS) is 15.5. The molecule has 0 saturated carbocycles. The summed E-state index contributed by atoms with van der Waals surface area (Å²) >= 11 is 0. The summed E-state index contributed by atoms with van der Waals surface area (Å²) in [6.45, 7) is 2.28. The van der Waals surface area contributed by atoms with Gasteiger partial charge in [0.1, 0.15) is 0 Å². The first-order valence-electron chi connectivity index (χ1n) is 22.4. The highest BCUT2D eigenvalue weighted by atomic mass is 15.0. The zero-order valence-corrected chi connectivity index (χ0v) is 35.4. The van der Waals surface area contributed by atoms with Crippen LogP contribution in [0.1, 0.15) is 36.1 Å². The van der Waals surface area contributed by atoms with Crippen LogP contribution in [0.15, 0.2) is 222 Å². The maximum atomic E-state index is 5.55. The molecule has 2 unspecified atom stereocenters. The fourth-order valence-electron chi connectivity index (χ4n) is 10.6. The van der Waals surface area contributed by atoms with Crippen molar-refractivity contribution in [3.8, 4) is 11.4 Å². The van der Waals surface area contributed by atoms with Crippen LogP contribution in [-0.4, -0.2) is 20.7 Å². The Morgan fingerprint density at radius 1 is 0.406 bits per heavy atom. The van der Waals surface area contributed by atoms with Crippen LogP contribution in [0.2, 0.25) is 0 Å². The van der Waals surface area contributed by atoms with Gasteiger partial charge in [0, 0.05) is 44.1 Å². The Kier molecular flexibility index (Phi) is 8.29. The summed E-state index contributed by atoms with van der Waals surface area (Å²) < 4.78 is 4.96. The van der Waals surface area contributed by atoms with Gasteiger partial charge in [-0.05, 0) is 105 Å². The molecule has 2 aromatic heterocycles. The summed E-state index contributed by atoms with van der Waals surface area (Å²) in [4.78, 5) is 11.0. The van der Waals surface area contributed by atoms with E-state index in [1.807, 2.05) is 0 Å². The number of amidine groups is 1. The van der Waals surface area contributed by atoms with Gasteiger partial charge >= 0.3 is 0 Å². The maximum Gasteiger partial charge on any atom is 0.155 e. The van der Waals surface area contributed by atoms with Gasteiger partial charge in [-0.1, -0.05) is 159 Å². The van der Waals surface area contributed by atoms with Crippen molar-refractivity contribution in [1.82, 2.24) is 9.13 Å². The van der Waals surface area contributed by atoms with Crippen LogP contribution in [0.25, 0.3) is 87.3 Å². The van der Waals surface area contributed by atoms with E-state index in [4.69, 9.17) is 9.98 Å². The van der Waals surface area contributed by atoms with Gasteiger partial charge in [0.25, 0.3) is 0 Å². The number of nitrogens with zero attached hydrogens (tertiary/aromatic N) is 4. The molecular weight excluding hydrogens is 777 g/mol. The number of aromatic nitrogens is 2. The Hall–Kier alpha value is -8.08. The standard InChI is InChI=1S/C60H42N4/c1-2-47-58(44-30-29-38-17-9-10-20-40(38)31-44)61-60(39-18-5-3-6-19-39)62-59(47)45-32-43-23-13-14-26-48(43)54(35-45)64-53-28-16-15-27-49(53)51-36-52-50-33-41-21-11-12-22-42(41)34-55(50)63(56(52)37-57(51)64)46-24-7-4-8-25-46/h3-37,47,58H,2H2,1H3. The minimum absolute atomic E-state index is 0.0532. The second kappa shape index (κ2) is 14.5. The van der Waals surface area contributed by atoms with Crippen LogP contribution < -0.4 is 0 Å². The van der Waals surface area contributed by atoms with E-state index in [0.29, 0.717) is 0 Å². The third-order valence-electron chi connectivity index (χ3n) is 13.6. The van der Waals surface area contributed by atoms with E-state index in [2.05, 4.69) is 228 Å². The molecule has 64 heavy (non-hydrogen) atoms. The quantitative estimate of drug-likeness (QED) is 0.160. The Labute approximate surface area is 370 Å². The summed E-state index contributed by atoms with van der Waals surface area (Å²) in [7, 11) is 0.